The second kappa shape index (κ2) is 9.29. The molecule has 0 atom stereocenters. The lowest BCUT2D eigenvalue weighted by Gasteiger charge is -2.33. The van der Waals surface area contributed by atoms with Crippen LogP contribution in [0.5, 0.6) is 0 Å². The Bertz CT molecular complexity index is 996. The van der Waals surface area contributed by atoms with Crippen LogP contribution in [0.15, 0.2) is 51.8 Å². The van der Waals surface area contributed by atoms with Gasteiger partial charge in [-0.2, -0.15) is 4.31 Å². The van der Waals surface area contributed by atoms with Crippen LogP contribution in [0.3, 0.4) is 0 Å². The van der Waals surface area contributed by atoms with Crippen LogP contribution >= 0.6 is 15.9 Å². The smallest absolute Gasteiger partial charge is 0.243 e. The van der Waals surface area contributed by atoms with E-state index in [4.69, 9.17) is 0 Å². The summed E-state index contributed by atoms with van der Waals surface area (Å²) in [6, 6.07) is 9.33. The molecule has 1 heterocycles. The summed E-state index contributed by atoms with van der Waals surface area (Å²) in [7, 11) is -3.75. The SMILES string of the molecule is O=C(CCN1CCN(S(=O)(=O)c2cccc(F)c2)CC1)Nc1ccc(Br)cc1F. The molecule has 1 aliphatic heterocycles. The maximum atomic E-state index is 13.8. The first-order chi connectivity index (χ1) is 13.8. The van der Waals surface area contributed by atoms with E-state index in [0.717, 1.165) is 6.07 Å². The Morgan fingerprint density at radius 2 is 1.79 bits per heavy atom. The highest BCUT2D eigenvalue weighted by Crippen LogP contribution is 2.20. The maximum absolute atomic E-state index is 13.8. The van der Waals surface area contributed by atoms with E-state index in [9.17, 15) is 22.0 Å². The molecule has 10 heteroatoms. The van der Waals surface area contributed by atoms with Gasteiger partial charge in [-0.3, -0.25) is 4.79 Å². The zero-order valence-corrected chi connectivity index (χ0v) is 17.8. The van der Waals surface area contributed by atoms with Crippen molar-refractivity contribution >= 4 is 37.5 Å². The number of hydrogen-bond acceptors (Lipinski definition) is 4. The molecule has 2 aromatic carbocycles. The van der Waals surface area contributed by atoms with E-state index < -0.39 is 21.7 Å². The molecule has 0 unspecified atom stereocenters. The van der Waals surface area contributed by atoms with Crippen molar-refractivity contribution < 1.29 is 22.0 Å². The molecule has 1 amide bonds. The number of hydrogen-bond donors (Lipinski definition) is 1. The Morgan fingerprint density at radius 1 is 1.07 bits per heavy atom. The van der Waals surface area contributed by atoms with Crippen LogP contribution in [0.1, 0.15) is 6.42 Å². The van der Waals surface area contributed by atoms with Gasteiger partial charge in [-0.15, -0.1) is 0 Å². The second-order valence-corrected chi connectivity index (χ2v) is 9.48. The van der Waals surface area contributed by atoms with Crippen molar-refractivity contribution in [3.8, 4) is 0 Å². The normalized spacial score (nSPS) is 16.0. The zero-order chi connectivity index (χ0) is 21.0. The van der Waals surface area contributed by atoms with E-state index in [1.807, 2.05) is 4.90 Å². The van der Waals surface area contributed by atoms with Crippen LogP contribution in [-0.2, 0) is 14.8 Å². The lowest BCUT2D eigenvalue weighted by Crippen LogP contribution is -2.49. The van der Waals surface area contributed by atoms with E-state index in [1.165, 1.54) is 34.6 Å². The Labute approximate surface area is 176 Å². The largest absolute Gasteiger partial charge is 0.324 e. The lowest BCUT2D eigenvalue weighted by molar-refractivity contribution is -0.116. The van der Waals surface area contributed by atoms with Crippen LogP contribution in [0, 0.1) is 11.6 Å². The molecular formula is C19H20BrF2N3O3S. The fourth-order valence-corrected chi connectivity index (χ4v) is 4.82. The van der Waals surface area contributed by atoms with Gasteiger partial charge in [-0.1, -0.05) is 22.0 Å². The van der Waals surface area contributed by atoms with Crippen molar-refractivity contribution in [2.24, 2.45) is 0 Å². The van der Waals surface area contributed by atoms with Gasteiger partial charge in [0.2, 0.25) is 15.9 Å². The number of rotatable bonds is 6. The van der Waals surface area contributed by atoms with Crippen molar-refractivity contribution in [1.82, 2.24) is 9.21 Å². The number of halogens is 3. The average molecular weight is 488 g/mol. The number of sulfonamides is 1. The topological polar surface area (TPSA) is 69.7 Å². The minimum absolute atomic E-state index is 0.0677. The Balaban J connectivity index is 1.49. The van der Waals surface area contributed by atoms with Gasteiger partial charge in [0.25, 0.3) is 0 Å². The molecule has 0 aromatic heterocycles. The number of piperazine rings is 1. The second-order valence-electron chi connectivity index (χ2n) is 6.63. The number of anilines is 1. The number of nitrogens with one attached hydrogen (secondary N) is 1. The highest BCUT2D eigenvalue weighted by molar-refractivity contribution is 9.10. The minimum atomic E-state index is -3.75. The summed E-state index contributed by atoms with van der Waals surface area (Å²) in [6.07, 6.45) is 0.159. The van der Waals surface area contributed by atoms with Crippen molar-refractivity contribution in [3.05, 3.63) is 58.6 Å². The molecular weight excluding hydrogens is 468 g/mol. The van der Waals surface area contributed by atoms with Crippen molar-refractivity contribution in [2.75, 3.05) is 38.0 Å². The van der Waals surface area contributed by atoms with Gasteiger partial charge >= 0.3 is 0 Å². The maximum Gasteiger partial charge on any atom is 0.243 e. The van der Waals surface area contributed by atoms with Gasteiger partial charge in [-0.25, -0.2) is 17.2 Å². The van der Waals surface area contributed by atoms with Crippen LogP contribution in [-0.4, -0.2) is 56.3 Å². The minimum Gasteiger partial charge on any atom is -0.324 e. The first-order valence-electron chi connectivity index (χ1n) is 8.99. The van der Waals surface area contributed by atoms with Crippen molar-refractivity contribution in [1.29, 1.82) is 0 Å². The van der Waals surface area contributed by atoms with E-state index >= 15 is 0 Å². The summed E-state index contributed by atoms with van der Waals surface area (Å²) in [4.78, 5) is 14.0. The summed E-state index contributed by atoms with van der Waals surface area (Å²) >= 11 is 3.16. The fourth-order valence-electron chi connectivity index (χ4n) is 3.03. The van der Waals surface area contributed by atoms with E-state index in [1.54, 1.807) is 6.07 Å². The van der Waals surface area contributed by atoms with Crippen LogP contribution in [0.4, 0.5) is 14.5 Å². The number of carbonyl (C=O) groups excluding carboxylic acids is 1. The number of amides is 1. The van der Waals surface area contributed by atoms with Gasteiger partial charge in [-0.05, 0) is 36.4 Å². The quantitative estimate of drug-likeness (QED) is 0.679. The van der Waals surface area contributed by atoms with Gasteiger partial charge in [0.1, 0.15) is 11.6 Å². The molecule has 2 aromatic rings. The molecule has 0 spiro atoms. The third kappa shape index (κ3) is 5.59. The monoisotopic (exact) mass is 487 g/mol. The van der Waals surface area contributed by atoms with Gasteiger partial charge in [0, 0.05) is 43.6 Å². The molecule has 29 heavy (non-hydrogen) atoms. The average Bonchev–Trinajstić information content (AvgIpc) is 2.69. The van der Waals surface area contributed by atoms with E-state index in [2.05, 4.69) is 21.2 Å². The predicted molar refractivity (Wildman–Crippen MR) is 109 cm³/mol. The van der Waals surface area contributed by atoms with Crippen molar-refractivity contribution in [2.45, 2.75) is 11.3 Å². The number of benzene rings is 2. The highest BCUT2D eigenvalue weighted by Gasteiger charge is 2.28. The molecule has 3 rings (SSSR count). The first-order valence-corrected chi connectivity index (χ1v) is 11.2. The molecule has 0 saturated carbocycles. The van der Waals surface area contributed by atoms with E-state index in [0.29, 0.717) is 24.1 Å². The van der Waals surface area contributed by atoms with Gasteiger partial charge in [0.15, 0.2) is 0 Å². The highest BCUT2D eigenvalue weighted by atomic mass is 79.9. The third-order valence-electron chi connectivity index (χ3n) is 4.63. The molecule has 1 saturated heterocycles. The summed E-state index contributed by atoms with van der Waals surface area (Å²) < 4.78 is 54.2. The van der Waals surface area contributed by atoms with Crippen molar-refractivity contribution in [3.63, 3.8) is 0 Å². The fraction of sp³-hybridized carbons (Fsp3) is 0.316. The summed E-state index contributed by atoms with van der Waals surface area (Å²) in [5.74, 6) is -1.44. The van der Waals surface area contributed by atoms with Crippen LogP contribution in [0.25, 0.3) is 0 Å². The standard InChI is InChI=1S/C19H20BrF2N3O3S/c20-14-4-5-18(17(22)12-14)23-19(26)6-7-24-8-10-25(11-9-24)29(27,28)16-3-1-2-15(21)13-16/h1-5,12-13H,6-11H2,(H,23,26). The molecule has 0 aliphatic carbocycles. The molecule has 1 fully saturated rings. The summed E-state index contributed by atoms with van der Waals surface area (Å²) in [6.45, 7) is 1.84. The van der Waals surface area contributed by atoms with Crippen LogP contribution < -0.4 is 5.32 Å². The summed E-state index contributed by atoms with van der Waals surface area (Å²) in [5.41, 5.74) is 0.115. The number of nitrogens with zero attached hydrogens (tertiary/aromatic N) is 2. The molecule has 156 valence electrons. The Kier molecular flexibility index (Phi) is 6.99. The van der Waals surface area contributed by atoms with E-state index in [-0.39, 0.29) is 36.0 Å². The molecule has 1 N–H and O–H groups in total. The lowest BCUT2D eigenvalue weighted by atomic mass is 10.2. The van der Waals surface area contributed by atoms with Crippen LogP contribution in [0.2, 0.25) is 0 Å². The molecule has 1 aliphatic rings. The third-order valence-corrected chi connectivity index (χ3v) is 7.01. The Hall–Kier alpha value is -1.88. The van der Waals surface area contributed by atoms with Gasteiger partial charge < -0.3 is 10.2 Å². The number of carbonyl (C=O) groups is 1. The van der Waals surface area contributed by atoms with Gasteiger partial charge in [0.05, 0.1) is 10.6 Å². The predicted octanol–water partition coefficient (Wildman–Crippen LogP) is 3.06. The zero-order valence-electron chi connectivity index (χ0n) is 15.4. The molecule has 6 nitrogen and oxygen atoms in total. The molecule has 0 radical (unpaired) electrons. The summed E-state index contributed by atoms with van der Waals surface area (Å²) in [5, 5.41) is 2.53. The first kappa shape index (κ1) is 21.8. The molecule has 0 bridgehead atoms. The Morgan fingerprint density at radius 3 is 2.45 bits per heavy atom.